The number of aromatic hydroxyl groups is 1. The van der Waals surface area contributed by atoms with Crippen molar-refractivity contribution >= 4 is 11.8 Å². The van der Waals surface area contributed by atoms with Crippen molar-refractivity contribution < 1.29 is 24.2 Å². The lowest BCUT2D eigenvalue weighted by Crippen LogP contribution is -2.58. The van der Waals surface area contributed by atoms with E-state index in [1.54, 1.807) is 17.0 Å². The first-order chi connectivity index (χ1) is 11.6. The molecule has 0 unspecified atom stereocenters. The molecule has 0 bridgehead atoms. The SMILES string of the molecule is O=C(Cc1ccc(O)cc1)NCC(=O)N1CCO[C@@H]2COCC[C@@H]21. The van der Waals surface area contributed by atoms with Crippen molar-refractivity contribution in [3.05, 3.63) is 29.8 Å². The lowest BCUT2D eigenvalue weighted by atomic mass is 10.0. The predicted molar refractivity (Wildman–Crippen MR) is 85.5 cm³/mol. The summed E-state index contributed by atoms with van der Waals surface area (Å²) in [5, 5.41) is 11.9. The number of phenolic OH excluding ortho intramolecular Hbond substituents is 1. The van der Waals surface area contributed by atoms with Gasteiger partial charge in [0.25, 0.3) is 0 Å². The topological polar surface area (TPSA) is 88.1 Å². The Morgan fingerprint density at radius 3 is 2.83 bits per heavy atom. The van der Waals surface area contributed by atoms with E-state index in [9.17, 15) is 14.7 Å². The molecular formula is C17H22N2O5. The van der Waals surface area contributed by atoms with Gasteiger partial charge in [0.1, 0.15) is 11.9 Å². The van der Waals surface area contributed by atoms with Crippen molar-refractivity contribution in [2.75, 3.05) is 32.9 Å². The highest BCUT2D eigenvalue weighted by molar-refractivity contribution is 5.86. The molecule has 7 nitrogen and oxygen atoms in total. The monoisotopic (exact) mass is 334 g/mol. The Kier molecular flexibility index (Phi) is 5.32. The molecular weight excluding hydrogens is 312 g/mol. The number of nitrogens with zero attached hydrogens (tertiary/aromatic N) is 1. The molecule has 1 aromatic rings. The highest BCUT2D eigenvalue weighted by Crippen LogP contribution is 2.21. The van der Waals surface area contributed by atoms with Gasteiger partial charge in [-0.1, -0.05) is 12.1 Å². The number of carbonyl (C=O) groups excluding carboxylic acids is 2. The molecule has 3 rings (SSSR count). The number of hydrogen-bond donors (Lipinski definition) is 2. The number of carbonyl (C=O) groups is 2. The largest absolute Gasteiger partial charge is 0.508 e. The number of fused-ring (bicyclic) bond motifs is 1. The zero-order valence-electron chi connectivity index (χ0n) is 13.4. The van der Waals surface area contributed by atoms with Gasteiger partial charge in [-0.2, -0.15) is 0 Å². The number of amides is 2. The van der Waals surface area contributed by atoms with E-state index in [2.05, 4.69) is 5.32 Å². The number of phenols is 1. The summed E-state index contributed by atoms with van der Waals surface area (Å²) in [6.45, 7) is 2.18. The van der Waals surface area contributed by atoms with Gasteiger partial charge in [-0.05, 0) is 24.1 Å². The van der Waals surface area contributed by atoms with E-state index in [-0.39, 0.29) is 42.7 Å². The molecule has 7 heteroatoms. The summed E-state index contributed by atoms with van der Waals surface area (Å²) in [7, 11) is 0. The van der Waals surface area contributed by atoms with Crippen LogP contribution in [0.3, 0.4) is 0 Å². The summed E-state index contributed by atoms with van der Waals surface area (Å²) in [6.07, 6.45) is 0.873. The molecule has 0 radical (unpaired) electrons. The van der Waals surface area contributed by atoms with Crippen molar-refractivity contribution in [3.8, 4) is 5.75 Å². The number of hydrogen-bond acceptors (Lipinski definition) is 5. The molecule has 2 fully saturated rings. The number of rotatable bonds is 4. The van der Waals surface area contributed by atoms with Crippen LogP contribution in [0.5, 0.6) is 5.75 Å². The van der Waals surface area contributed by atoms with Crippen LogP contribution in [0.15, 0.2) is 24.3 Å². The molecule has 130 valence electrons. The highest BCUT2D eigenvalue weighted by atomic mass is 16.5. The Morgan fingerprint density at radius 1 is 1.25 bits per heavy atom. The van der Waals surface area contributed by atoms with Crippen molar-refractivity contribution in [2.45, 2.75) is 25.0 Å². The van der Waals surface area contributed by atoms with Gasteiger partial charge in [0, 0.05) is 13.2 Å². The van der Waals surface area contributed by atoms with E-state index in [1.807, 2.05) is 0 Å². The Balaban J connectivity index is 1.49. The second-order valence-electron chi connectivity index (χ2n) is 6.05. The molecule has 2 aliphatic rings. The van der Waals surface area contributed by atoms with Gasteiger partial charge in [-0.25, -0.2) is 0 Å². The molecule has 0 aromatic heterocycles. The maximum atomic E-state index is 12.4. The number of benzene rings is 1. The number of ether oxygens (including phenoxy) is 2. The van der Waals surface area contributed by atoms with Gasteiger partial charge in [0.05, 0.1) is 32.2 Å². The zero-order chi connectivity index (χ0) is 16.9. The predicted octanol–water partition coefficient (Wildman–Crippen LogP) is 0.0672. The van der Waals surface area contributed by atoms with E-state index in [4.69, 9.17) is 9.47 Å². The van der Waals surface area contributed by atoms with Crippen molar-refractivity contribution in [1.82, 2.24) is 10.2 Å². The smallest absolute Gasteiger partial charge is 0.242 e. The van der Waals surface area contributed by atoms with Crippen LogP contribution in [0, 0.1) is 0 Å². The average Bonchev–Trinajstić information content (AvgIpc) is 2.61. The van der Waals surface area contributed by atoms with Gasteiger partial charge in [0.2, 0.25) is 11.8 Å². The lowest BCUT2D eigenvalue weighted by Gasteiger charge is -2.43. The average molecular weight is 334 g/mol. The van der Waals surface area contributed by atoms with Gasteiger partial charge in [-0.3, -0.25) is 9.59 Å². The number of nitrogens with one attached hydrogen (secondary N) is 1. The molecule has 1 aromatic carbocycles. The van der Waals surface area contributed by atoms with Gasteiger partial charge < -0.3 is 24.8 Å². The minimum Gasteiger partial charge on any atom is -0.508 e. The van der Waals surface area contributed by atoms with Gasteiger partial charge >= 0.3 is 0 Å². The third kappa shape index (κ3) is 4.04. The molecule has 0 aliphatic carbocycles. The second-order valence-corrected chi connectivity index (χ2v) is 6.05. The summed E-state index contributed by atoms with van der Waals surface area (Å²) in [4.78, 5) is 26.2. The number of morpholine rings is 1. The minimum atomic E-state index is -0.217. The van der Waals surface area contributed by atoms with E-state index in [0.717, 1.165) is 12.0 Å². The molecule has 2 saturated heterocycles. The van der Waals surface area contributed by atoms with Gasteiger partial charge in [-0.15, -0.1) is 0 Å². The Labute approximate surface area is 140 Å². The Morgan fingerprint density at radius 2 is 2.04 bits per heavy atom. The third-order valence-corrected chi connectivity index (χ3v) is 4.39. The van der Waals surface area contributed by atoms with Crippen molar-refractivity contribution in [1.29, 1.82) is 0 Å². The molecule has 2 amide bonds. The summed E-state index contributed by atoms with van der Waals surface area (Å²) >= 11 is 0. The molecule has 2 N–H and O–H groups in total. The molecule has 24 heavy (non-hydrogen) atoms. The maximum Gasteiger partial charge on any atom is 0.242 e. The molecule has 2 heterocycles. The fourth-order valence-electron chi connectivity index (χ4n) is 3.13. The van der Waals surface area contributed by atoms with E-state index in [0.29, 0.717) is 26.4 Å². The van der Waals surface area contributed by atoms with Crippen LogP contribution < -0.4 is 5.32 Å². The van der Waals surface area contributed by atoms with E-state index < -0.39 is 0 Å². The van der Waals surface area contributed by atoms with Crippen LogP contribution in [0.4, 0.5) is 0 Å². The van der Waals surface area contributed by atoms with Crippen LogP contribution in [0.25, 0.3) is 0 Å². The first-order valence-electron chi connectivity index (χ1n) is 8.17. The quantitative estimate of drug-likeness (QED) is 0.813. The lowest BCUT2D eigenvalue weighted by molar-refractivity contribution is -0.161. The van der Waals surface area contributed by atoms with E-state index >= 15 is 0 Å². The van der Waals surface area contributed by atoms with Crippen LogP contribution in [0.1, 0.15) is 12.0 Å². The fraction of sp³-hybridized carbons (Fsp3) is 0.529. The Hall–Kier alpha value is -2.12. The third-order valence-electron chi connectivity index (χ3n) is 4.39. The van der Waals surface area contributed by atoms with Crippen LogP contribution >= 0.6 is 0 Å². The second kappa shape index (κ2) is 7.63. The molecule has 0 spiro atoms. The van der Waals surface area contributed by atoms with Crippen LogP contribution in [-0.2, 0) is 25.5 Å². The summed E-state index contributed by atoms with van der Waals surface area (Å²) in [5.74, 6) is -0.146. The first-order valence-corrected chi connectivity index (χ1v) is 8.17. The first kappa shape index (κ1) is 16.7. The fourth-order valence-corrected chi connectivity index (χ4v) is 3.13. The van der Waals surface area contributed by atoms with E-state index in [1.165, 1.54) is 12.1 Å². The summed E-state index contributed by atoms with van der Waals surface area (Å²) < 4.78 is 11.0. The highest BCUT2D eigenvalue weighted by Gasteiger charge is 2.37. The summed E-state index contributed by atoms with van der Waals surface area (Å²) in [6, 6.07) is 6.48. The van der Waals surface area contributed by atoms with Gasteiger partial charge in [0.15, 0.2) is 0 Å². The summed E-state index contributed by atoms with van der Waals surface area (Å²) in [5.41, 5.74) is 0.786. The van der Waals surface area contributed by atoms with Crippen LogP contribution in [0.2, 0.25) is 0 Å². The van der Waals surface area contributed by atoms with Crippen LogP contribution in [-0.4, -0.2) is 66.9 Å². The molecule has 0 saturated carbocycles. The normalized spacial score (nSPS) is 23.4. The van der Waals surface area contributed by atoms with Crippen molar-refractivity contribution in [2.24, 2.45) is 0 Å². The zero-order valence-corrected chi connectivity index (χ0v) is 13.4. The maximum absolute atomic E-state index is 12.4. The molecule has 2 aliphatic heterocycles. The van der Waals surface area contributed by atoms with Crippen molar-refractivity contribution in [3.63, 3.8) is 0 Å². The molecule has 2 atom stereocenters. The standard InChI is InChI=1S/C17H22N2O5/c20-13-3-1-12(2-4-13)9-16(21)18-10-17(22)19-6-8-24-15-11-23-7-5-14(15)19/h1-4,14-15,20H,5-11H2,(H,18,21)/t14-,15+/m0/s1. The Bertz CT molecular complexity index is 587. The minimum absolute atomic E-state index is 0.0129.